The van der Waals surface area contributed by atoms with E-state index in [0.29, 0.717) is 6.61 Å². The molecule has 0 atom stereocenters. The minimum absolute atomic E-state index is 0.602. The molecule has 0 aromatic carbocycles. The van der Waals surface area contributed by atoms with Crippen LogP contribution in [0.1, 0.15) is 36.3 Å². The Kier molecular flexibility index (Phi) is 5.60. The van der Waals surface area contributed by atoms with Gasteiger partial charge in [-0.25, -0.2) is 4.98 Å². The molecule has 1 aromatic heterocycles. The largest absolute Gasteiger partial charge is 0.378 e. The van der Waals surface area contributed by atoms with Gasteiger partial charge in [0.2, 0.25) is 0 Å². The Morgan fingerprint density at radius 2 is 2.16 bits per heavy atom. The van der Waals surface area contributed by atoms with E-state index < -0.39 is 0 Å². The van der Waals surface area contributed by atoms with Gasteiger partial charge >= 0.3 is 0 Å². The third kappa shape index (κ3) is 3.91. The van der Waals surface area contributed by atoms with Crippen molar-refractivity contribution in [2.24, 2.45) is 5.92 Å². The summed E-state index contributed by atoms with van der Waals surface area (Å²) in [7, 11) is 5.86. The summed E-state index contributed by atoms with van der Waals surface area (Å²) < 4.78 is 5.24. The van der Waals surface area contributed by atoms with Crippen LogP contribution in [0, 0.1) is 5.92 Å². The number of nitrogens with zero attached hydrogens (tertiary/aromatic N) is 2. The van der Waals surface area contributed by atoms with Crippen LogP contribution in [-0.4, -0.2) is 32.7 Å². The summed E-state index contributed by atoms with van der Waals surface area (Å²) in [5.41, 5.74) is 1.08. The fraction of sp³-hybridized carbons (Fsp3) is 0.786. The van der Waals surface area contributed by atoms with Crippen molar-refractivity contribution in [3.8, 4) is 0 Å². The molecule has 108 valence electrons. The molecular formula is C14H25N3OS. The van der Waals surface area contributed by atoms with Crippen molar-refractivity contribution in [2.45, 2.75) is 38.8 Å². The minimum Gasteiger partial charge on any atom is -0.378 e. The van der Waals surface area contributed by atoms with Crippen LogP contribution in [0.15, 0.2) is 0 Å². The first-order valence-corrected chi connectivity index (χ1v) is 7.89. The van der Waals surface area contributed by atoms with Crippen molar-refractivity contribution in [1.82, 2.24) is 10.3 Å². The lowest BCUT2D eigenvalue weighted by Gasteiger charge is -2.19. The number of rotatable bonds is 7. The van der Waals surface area contributed by atoms with Crippen molar-refractivity contribution in [1.29, 1.82) is 0 Å². The van der Waals surface area contributed by atoms with Gasteiger partial charge in [0.15, 0.2) is 5.13 Å². The highest BCUT2D eigenvalue weighted by atomic mass is 32.1. The van der Waals surface area contributed by atoms with Crippen LogP contribution in [0.5, 0.6) is 0 Å². The van der Waals surface area contributed by atoms with E-state index in [-0.39, 0.29) is 0 Å². The van der Waals surface area contributed by atoms with Crippen molar-refractivity contribution in [3.63, 3.8) is 0 Å². The molecule has 1 saturated carbocycles. The molecule has 0 saturated heterocycles. The van der Waals surface area contributed by atoms with Crippen LogP contribution >= 0.6 is 11.3 Å². The zero-order chi connectivity index (χ0) is 13.7. The van der Waals surface area contributed by atoms with Gasteiger partial charge in [-0.3, -0.25) is 0 Å². The van der Waals surface area contributed by atoms with Crippen LogP contribution < -0.4 is 10.2 Å². The molecule has 1 aromatic rings. The number of nitrogens with one attached hydrogen (secondary N) is 1. The number of methoxy groups -OCH3 is 1. The molecule has 0 bridgehead atoms. The molecule has 0 amide bonds. The fourth-order valence-corrected chi connectivity index (χ4v) is 3.78. The molecule has 1 fully saturated rings. The Morgan fingerprint density at radius 1 is 1.42 bits per heavy atom. The standard InChI is InChI=1S/C14H25N3OS/c1-15-8-13-12(10-18-3)16-14(19-13)17(2)9-11-6-4-5-7-11/h11,15H,4-10H2,1-3H3. The molecule has 1 N–H and O–H groups in total. The number of hydrogen-bond acceptors (Lipinski definition) is 5. The Morgan fingerprint density at radius 3 is 2.79 bits per heavy atom. The van der Waals surface area contributed by atoms with Crippen molar-refractivity contribution in [3.05, 3.63) is 10.6 Å². The molecule has 4 nitrogen and oxygen atoms in total. The quantitative estimate of drug-likeness (QED) is 0.835. The molecule has 1 aliphatic rings. The fourth-order valence-electron chi connectivity index (χ4n) is 2.74. The summed E-state index contributed by atoms with van der Waals surface area (Å²) in [6.45, 7) is 2.61. The lowest BCUT2D eigenvalue weighted by atomic mass is 10.1. The number of anilines is 1. The third-order valence-corrected chi connectivity index (χ3v) is 4.93. The maximum absolute atomic E-state index is 5.24. The van der Waals surface area contributed by atoms with Gasteiger partial charge in [-0.15, -0.1) is 11.3 Å². The van der Waals surface area contributed by atoms with E-state index >= 15 is 0 Å². The zero-order valence-corrected chi connectivity index (χ0v) is 13.1. The zero-order valence-electron chi connectivity index (χ0n) is 12.2. The summed E-state index contributed by atoms with van der Waals surface area (Å²) >= 11 is 1.79. The topological polar surface area (TPSA) is 37.4 Å². The highest BCUT2D eigenvalue weighted by molar-refractivity contribution is 7.15. The Labute approximate surface area is 120 Å². The van der Waals surface area contributed by atoms with Crippen LogP contribution in [0.4, 0.5) is 5.13 Å². The average Bonchev–Trinajstić information content (AvgIpc) is 3.01. The highest BCUT2D eigenvalue weighted by Crippen LogP contribution is 2.30. The Balaban J connectivity index is 2.03. The molecule has 2 rings (SSSR count). The van der Waals surface area contributed by atoms with Gasteiger partial charge < -0.3 is 15.0 Å². The summed E-state index contributed by atoms with van der Waals surface area (Å²) in [5, 5.41) is 4.33. The monoisotopic (exact) mass is 283 g/mol. The molecule has 19 heavy (non-hydrogen) atoms. The molecule has 1 heterocycles. The van der Waals surface area contributed by atoms with E-state index in [2.05, 4.69) is 17.3 Å². The van der Waals surface area contributed by atoms with Gasteiger partial charge in [-0.1, -0.05) is 12.8 Å². The maximum Gasteiger partial charge on any atom is 0.185 e. The van der Waals surface area contributed by atoms with E-state index in [1.807, 2.05) is 7.05 Å². The van der Waals surface area contributed by atoms with Gasteiger partial charge in [0.25, 0.3) is 0 Å². The van der Waals surface area contributed by atoms with E-state index in [9.17, 15) is 0 Å². The number of aromatic nitrogens is 1. The Hall–Kier alpha value is -0.650. The predicted octanol–water partition coefficient (Wildman–Crippen LogP) is 2.64. The van der Waals surface area contributed by atoms with Crippen LogP contribution in [0.25, 0.3) is 0 Å². The summed E-state index contributed by atoms with van der Waals surface area (Å²) in [4.78, 5) is 8.35. The van der Waals surface area contributed by atoms with Gasteiger partial charge in [0.1, 0.15) is 0 Å². The van der Waals surface area contributed by atoms with Crippen LogP contribution in [0.2, 0.25) is 0 Å². The second-order valence-corrected chi connectivity index (χ2v) is 6.42. The molecule has 0 aliphatic heterocycles. The molecular weight excluding hydrogens is 258 g/mol. The van der Waals surface area contributed by atoms with Gasteiger partial charge in [-0.2, -0.15) is 0 Å². The minimum atomic E-state index is 0.602. The van der Waals surface area contributed by atoms with E-state index in [4.69, 9.17) is 9.72 Å². The lowest BCUT2D eigenvalue weighted by Crippen LogP contribution is -2.23. The molecule has 0 spiro atoms. The van der Waals surface area contributed by atoms with Crippen molar-refractivity contribution < 1.29 is 4.74 Å². The van der Waals surface area contributed by atoms with Crippen LogP contribution in [-0.2, 0) is 17.9 Å². The van der Waals surface area contributed by atoms with Gasteiger partial charge in [-0.05, 0) is 25.8 Å². The molecule has 0 radical (unpaired) electrons. The van der Waals surface area contributed by atoms with Crippen LogP contribution in [0.3, 0.4) is 0 Å². The van der Waals surface area contributed by atoms with Crippen molar-refractivity contribution >= 4 is 16.5 Å². The van der Waals surface area contributed by atoms with E-state index in [0.717, 1.165) is 29.8 Å². The SMILES string of the molecule is CNCc1sc(N(C)CC2CCCC2)nc1COC. The second kappa shape index (κ2) is 7.22. The number of ether oxygens (including phenoxy) is 1. The normalized spacial score (nSPS) is 16.2. The molecule has 0 unspecified atom stereocenters. The summed E-state index contributed by atoms with van der Waals surface area (Å²) in [6, 6.07) is 0. The summed E-state index contributed by atoms with van der Waals surface area (Å²) in [6.07, 6.45) is 5.56. The average molecular weight is 283 g/mol. The number of thiazole rings is 1. The molecule has 1 aliphatic carbocycles. The first-order valence-electron chi connectivity index (χ1n) is 7.07. The van der Waals surface area contributed by atoms with Crippen molar-refractivity contribution in [2.75, 3.05) is 32.6 Å². The number of hydrogen-bond donors (Lipinski definition) is 1. The maximum atomic E-state index is 5.24. The molecule has 5 heteroatoms. The highest BCUT2D eigenvalue weighted by Gasteiger charge is 2.19. The smallest absolute Gasteiger partial charge is 0.185 e. The van der Waals surface area contributed by atoms with Gasteiger partial charge in [0, 0.05) is 32.1 Å². The predicted molar refractivity (Wildman–Crippen MR) is 80.8 cm³/mol. The van der Waals surface area contributed by atoms with E-state index in [1.165, 1.54) is 30.6 Å². The van der Waals surface area contributed by atoms with E-state index in [1.54, 1.807) is 18.4 Å². The van der Waals surface area contributed by atoms with Gasteiger partial charge in [0.05, 0.1) is 12.3 Å². The first kappa shape index (κ1) is 14.8. The second-order valence-electron chi connectivity index (χ2n) is 5.36. The lowest BCUT2D eigenvalue weighted by molar-refractivity contribution is 0.181. The summed E-state index contributed by atoms with van der Waals surface area (Å²) in [5.74, 6) is 0.854. The third-order valence-electron chi connectivity index (χ3n) is 3.72. The first-order chi connectivity index (χ1) is 9.24. The Bertz CT molecular complexity index is 365.